The van der Waals surface area contributed by atoms with Crippen LogP contribution < -0.4 is 10.5 Å². The van der Waals surface area contributed by atoms with Crippen LogP contribution in [0, 0.1) is 0 Å². The minimum absolute atomic E-state index is 0.0744. The van der Waals surface area contributed by atoms with Crippen molar-refractivity contribution in [1.29, 1.82) is 0 Å². The molecular weight excluding hydrogens is 328 g/mol. The van der Waals surface area contributed by atoms with Gasteiger partial charge in [-0.15, -0.1) is 0 Å². The van der Waals surface area contributed by atoms with E-state index in [-0.39, 0.29) is 12.5 Å². The van der Waals surface area contributed by atoms with E-state index in [1.807, 2.05) is 23.1 Å². The molecule has 0 spiro atoms. The van der Waals surface area contributed by atoms with Crippen LogP contribution in [0.15, 0.2) is 18.2 Å². The van der Waals surface area contributed by atoms with Crippen LogP contribution in [0.5, 0.6) is 0 Å². The van der Waals surface area contributed by atoms with Gasteiger partial charge in [-0.3, -0.25) is 9.69 Å². The number of hydrogen-bond donors (Lipinski definition) is 2. The quantitative estimate of drug-likeness (QED) is 0.781. The summed E-state index contributed by atoms with van der Waals surface area (Å²) >= 11 is 0. The van der Waals surface area contributed by atoms with Crippen molar-refractivity contribution < 1.29 is 13.2 Å². The third-order valence-corrected chi connectivity index (χ3v) is 5.41. The van der Waals surface area contributed by atoms with E-state index in [1.165, 1.54) is 4.31 Å². The maximum atomic E-state index is 12.4. The van der Waals surface area contributed by atoms with Crippen molar-refractivity contribution >= 4 is 21.8 Å². The number of carbonyl (C=O) groups is 1. The molecule has 0 unspecified atom stereocenters. The molecule has 0 radical (unpaired) electrons. The van der Waals surface area contributed by atoms with Gasteiger partial charge in [-0.2, -0.15) is 12.7 Å². The topological polar surface area (TPSA) is 95.7 Å². The van der Waals surface area contributed by atoms with Crippen molar-refractivity contribution in [2.75, 3.05) is 38.0 Å². The first-order chi connectivity index (χ1) is 11.3. The lowest BCUT2D eigenvalue weighted by Crippen LogP contribution is -2.52. The van der Waals surface area contributed by atoms with Gasteiger partial charge in [0.2, 0.25) is 5.91 Å². The Labute approximate surface area is 144 Å². The second kappa shape index (κ2) is 8.06. The Morgan fingerprint density at radius 2 is 1.67 bits per heavy atom. The Morgan fingerprint density at radius 3 is 2.12 bits per heavy atom. The highest BCUT2D eigenvalue weighted by Crippen LogP contribution is 2.22. The van der Waals surface area contributed by atoms with E-state index in [4.69, 9.17) is 5.14 Å². The molecule has 1 aliphatic rings. The van der Waals surface area contributed by atoms with E-state index in [9.17, 15) is 13.2 Å². The average molecular weight is 354 g/mol. The van der Waals surface area contributed by atoms with E-state index in [2.05, 4.69) is 19.2 Å². The Kier molecular flexibility index (Phi) is 6.34. The summed E-state index contributed by atoms with van der Waals surface area (Å²) in [7, 11) is -3.64. The highest BCUT2D eigenvalue weighted by atomic mass is 32.2. The highest BCUT2D eigenvalue weighted by Gasteiger charge is 2.25. The Balaban J connectivity index is 1.96. The summed E-state index contributed by atoms with van der Waals surface area (Å²) in [5.74, 6) is -0.0744. The molecule has 7 nitrogen and oxygen atoms in total. The first-order valence-electron chi connectivity index (χ1n) is 8.26. The molecule has 1 aromatic carbocycles. The zero-order valence-electron chi connectivity index (χ0n) is 14.3. The van der Waals surface area contributed by atoms with Gasteiger partial charge in [0.1, 0.15) is 0 Å². The van der Waals surface area contributed by atoms with Crippen LogP contribution in [0.4, 0.5) is 5.69 Å². The van der Waals surface area contributed by atoms with E-state index in [0.717, 1.165) is 29.7 Å². The molecule has 1 amide bonds. The molecule has 0 aromatic heterocycles. The normalized spacial score (nSPS) is 17.0. The molecule has 1 saturated heterocycles. The minimum Gasteiger partial charge on any atom is -0.324 e. The van der Waals surface area contributed by atoms with Gasteiger partial charge in [-0.1, -0.05) is 32.0 Å². The number of rotatable bonds is 6. The molecule has 1 aromatic rings. The Hall–Kier alpha value is -1.48. The van der Waals surface area contributed by atoms with Gasteiger partial charge in [0, 0.05) is 31.9 Å². The number of para-hydroxylation sites is 1. The number of nitrogens with two attached hydrogens (primary N) is 1. The minimum atomic E-state index is -3.64. The molecule has 0 saturated carbocycles. The maximum Gasteiger partial charge on any atom is 0.276 e. The van der Waals surface area contributed by atoms with Crippen molar-refractivity contribution in [2.45, 2.75) is 26.7 Å². The number of hydrogen-bond acceptors (Lipinski definition) is 4. The van der Waals surface area contributed by atoms with E-state index in [0.29, 0.717) is 26.2 Å². The van der Waals surface area contributed by atoms with Crippen molar-refractivity contribution in [2.24, 2.45) is 5.14 Å². The Morgan fingerprint density at radius 1 is 1.12 bits per heavy atom. The number of nitrogens with zero attached hydrogens (tertiary/aromatic N) is 2. The smallest absolute Gasteiger partial charge is 0.276 e. The fourth-order valence-corrected chi connectivity index (χ4v) is 3.60. The summed E-state index contributed by atoms with van der Waals surface area (Å²) in [5, 5.41) is 8.16. The van der Waals surface area contributed by atoms with Crippen LogP contribution in [0.2, 0.25) is 0 Å². The number of anilines is 1. The average Bonchev–Trinajstić information content (AvgIpc) is 2.54. The van der Waals surface area contributed by atoms with Crippen molar-refractivity contribution in [3.8, 4) is 0 Å². The lowest BCUT2D eigenvalue weighted by atomic mass is 10.0. The number of amides is 1. The molecule has 0 aliphatic carbocycles. The standard InChI is InChI=1S/C16H26N4O3S/c1-3-13-6-5-7-14(4-2)16(13)18-15(21)12-19-8-10-20(11-9-19)24(17,22)23/h5-7H,3-4,8-12H2,1-2H3,(H,18,21)(H2,17,22,23). The van der Waals surface area contributed by atoms with Crippen molar-refractivity contribution in [1.82, 2.24) is 9.21 Å². The number of nitrogens with one attached hydrogen (secondary N) is 1. The predicted molar refractivity (Wildman–Crippen MR) is 94.9 cm³/mol. The summed E-state index contributed by atoms with van der Waals surface area (Å²) in [4.78, 5) is 14.3. The first kappa shape index (κ1) is 18.9. The summed E-state index contributed by atoms with van der Waals surface area (Å²) in [5.41, 5.74) is 3.17. The predicted octanol–water partition coefficient (Wildman–Crippen LogP) is 0.571. The lowest BCUT2D eigenvalue weighted by molar-refractivity contribution is -0.117. The molecule has 0 atom stereocenters. The summed E-state index contributed by atoms with van der Waals surface area (Å²) < 4.78 is 23.8. The number of benzene rings is 1. The SMILES string of the molecule is CCc1cccc(CC)c1NC(=O)CN1CCN(S(N)(=O)=O)CC1. The van der Waals surface area contributed by atoms with Crippen LogP contribution in [0.3, 0.4) is 0 Å². The second-order valence-electron chi connectivity index (χ2n) is 5.93. The number of aryl methyl sites for hydroxylation is 2. The number of carbonyl (C=O) groups excluding carboxylic acids is 1. The van der Waals surface area contributed by atoms with E-state index < -0.39 is 10.2 Å². The molecule has 0 bridgehead atoms. The molecule has 8 heteroatoms. The van der Waals surface area contributed by atoms with Gasteiger partial charge in [0.15, 0.2) is 0 Å². The first-order valence-corrected chi connectivity index (χ1v) is 9.76. The molecular formula is C16H26N4O3S. The molecule has 1 fully saturated rings. The monoisotopic (exact) mass is 354 g/mol. The zero-order valence-corrected chi connectivity index (χ0v) is 15.1. The van der Waals surface area contributed by atoms with Gasteiger partial charge in [0.25, 0.3) is 10.2 Å². The largest absolute Gasteiger partial charge is 0.324 e. The van der Waals surface area contributed by atoms with Crippen molar-refractivity contribution in [3.05, 3.63) is 29.3 Å². The van der Waals surface area contributed by atoms with Crippen molar-refractivity contribution in [3.63, 3.8) is 0 Å². The van der Waals surface area contributed by atoms with Gasteiger partial charge >= 0.3 is 0 Å². The highest BCUT2D eigenvalue weighted by molar-refractivity contribution is 7.86. The second-order valence-corrected chi connectivity index (χ2v) is 7.47. The van der Waals surface area contributed by atoms with Gasteiger partial charge in [0.05, 0.1) is 6.54 Å². The molecule has 2 rings (SSSR count). The maximum absolute atomic E-state index is 12.4. The van der Waals surface area contributed by atoms with Gasteiger partial charge in [-0.05, 0) is 24.0 Å². The third-order valence-electron chi connectivity index (χ3n) is 4.32. The van der Waals surface area contributed by atoms with E-state index >= 15 is 0 Å². The van der Waals surface area contributed by atoms with Gasteiger partial charge in [-0.25, -0.2) is 5.14 Å². The van der Waals surface area contributed by atoms with Gasteiger partial charge < -0.3 is 5.32 Å². The fourth-order valence-electron chi connectivity index (χ4n) is 2.93. The molecule has 3 N–H and O–H groups in total. The van der Waals surface area contributed by atoms with Crippen LogP contribution >= 0.6 is 0 Å². The van der Waals surface area contributed by atoms with Crippen LogP contribution in [0.25, 0.3) is 0 Å². The molecule has 1 aliphatic heterocycles. The summed E-state index contributed by atoms with van der Waals surface area (Å²) in [6.45, 7) is 6.02. The van der Waals surface area contributed by atoms with Crippen LogP contribution in [-0.4, -0.2) is 56.3 Å². The lowest BCUT2D eigenvalue weighted by Gasteiger charge is -2.32. The molecule has 24 heavy (non-hydrogen) atoms. The van der Waals surface area contributed by atoms with Crippen LogP contribution in [-0.2, 0) is 27.8 Å². The Bertz CT molecular complexity index is 660. The third kappa shape index (κ3) is 4.76. The van der Waals surface area contributed by atoms with Crippen LogP contribution in [0.1, 0.15) is 25.0 Å². The number of piperazine rings is 1. The summed E-state index contributed by atoms with van der Waals surface area (Å²) in [6.07, 6.45) is 1.72. The molecule has 1 heterocycles. The molecule has 134 valence electrons. The van der Waals surface area contributed by atoms with E-state index in [1.54, 1.807) is 0 Å². The fraction of sp³-hybridized carbons (Fsp3) is 0.562. The zero-order chi connectivity index (χ0) is 17.7. The summed E-state index contributed by atoms with van der Waals surface area (Å²) in [6, 6.07) is 6.07.